The van der Waals surface area contributed by atoms with Crippen molar-refractivity contribution in [3.63, 3.8) is 0 Å². The molecule has 2 heterocycles. The molecule has 1 aliphatic heterocycles. The summed E-state index contributed by atoms with van der Waals surface area (Å²) >= 11 is 1.33. The van der Waals surface area contributed by atoms with Crippen LogP contribution in [0.15, 0.2) is 59.8 Å². The molecule has 0 radical (unpaired) electrons. The lowest BCUT2D eigenvalue weighted by molar-refractivity contribution is -0.132. The average Bonchev–Trinajstić information content (AvgIpc) is 3.41. The largest absolute Gasteiger partial charge is 0.335 e. The van der Waals surface area contributed by atoms with Crippen LogP contribution in [-0.2, 0) is 14.6 Å². The highest BCUT2D eigenvalue weighted by Crippen LogP contribution is 2.29. The van der Waals surface area contributed by atoms with E-state index in [2.05, 4.69) is 10.2 Å². The van der Waals surface area contributed by atoms with Crippen LogP contribution in [0.3, 0.4) is 0 Å². The van der Waals surface area contributed by atoms with Gasteiger partial charge in [-0.1, -0.05) is 66.7 Å². The van der Waals surface area contributed by atoms with E-state index in [0.717, 1.165) is 23.2 Å². The van der Waals surface area contributed by atoms with Crippen LogP contribution in [0.4, 0.5) is 0 Å². The molecule has 0 saturated carbocycles. The van der Waals surface area contributed by atoms with Gasteiger partial charge in [-0.05, 0) is 38.8 Å². The maximum Gasteiger partial charge on any atom is 0.233 e. The van der Waals surface area contributed by atoms with E-state index < -0.39 is 9.84 Å². The van der Waals surface area contributed by atoms with Gasteiger partial charge in [0.25, 0.3) is 0 Å². The number of aryl methyl sites for hydroxylation is 1. The van der Waals surface area contributed by atoms with Crippen molar-refractivity contribution < 1.29 is 13.2 Å². The summed E-state index contributed by atoms with van der Waals surface area (Å²) < 4.78 is 26.1. The molecule has 0 bridgehead atoms. The van der Waals surface area contributed by atoms with Gasteiger partial charge < -0.3 is 4.90 Å². The fraction of sp³-hybridized carbons (Fsp3) is 0.400. The van der Waals surface area contributed by atoms with Crippen molar-refractivity contribution in [2.45, 2.75) is 50.9 Å². The molecule has 2 aromatic carbocycles. The van der Waals surface area contributed by atoms with E-state index in [0.29, 0.717) is 17.4 Å². The first-order chi connectivity index (χ1) is 16.3. The van der Waals surface area contributed by atoms with Gasteiger partial charge >= 0.3 is 0 Å². The number of carbonyl (C=O) groups is 1. The Balaban J connectivity index is 1.61. The van der Waals surface area contributed by atoms with Gasteiger partial charge in [0.15, 0.2) is 20.8 Å². The van der Waals surface area contributed by atoms with Crippen molar-refractivity contribution in [1.29, 1.82) is 0 Å². The van der Waals surface area contributed by atoms with Crippen LogP contribution in [-0.4, -0.2) is 63.3 Å². The van der Waals surface area contributed by atoms with Crippen LogP contribution in [0.25, 0.3) is 17.1 Å². The second-order valence-corrected chi connectivity index (χ2v) is 11.9. The number of aromatic nitrogens is 3. The highest BCUT2D eigenvalue weighted by molar-refractivity contribution is 7.99. The predicted octanol–water partition coefficient (Wildman–Crippen LogP) is 4.15. The van der Waals surface area contributed by atoms with E-state index in [1.807, 2.05) is 79.9 Å². The van der Waals surface area contributed by atoms with E-state index in [4.69, 9.17) is 0 Å². The first kappa shape index (κ1) is 24.5. The topological polar surface area (TPSA) is 85.2 Å². The highest BCUT2D eigenvalue weighted by Gasteiger charge is 2.36. The van der Waals surface area contributed by atoms with Crippen molar-refractivity contribution in [2.24, 2.45) is 0 Å². The van der Waals surface area contributed by atoms with Crippen molar-refractivity contribution in [1.82, 2.24) is 19.7 Å². The Hall–Kier alpha value is -2.65. The molecule has 1 amide bonds. The van der Waals surface area contributed by atoms with Crippen LogP contribution in [0.2, 0.25) is 0 Å². The third kappa shape index (κ3) is 5.36. The van der Waals surface area contributed by atoms with Gasteiger partial charge in [-0.25, -0.2) is 8.42 Å². The van der Waals surface area contributed by atoms with Gasteiger partial charge in [-0.3, -0.25) is 9.36 Å². The predicted molar refractivity (Wildman–Crippen MR) is 136 cm³/mol. The maximum absolute atomic E-state index is 13.3. The molecule has 0 spiro atoms. The van der Waals surface area contributed by atoms with Crippen molar-refractivity contribution in [3.8, 4) is 17.1 Å². The number of sulfone groups is 1. The van der Waals surface area contributed by atoms with Gasteiger partial charge in [-0.15, -0.1) is 10.2 Å². The number of hydrogen-bond acceptors (Lipinski definition) is 6. The number of hydrogen-bond donors (Lipinski definition) is 0. The van der Waals surface area contributed by atoms with Gasteiger partial charge in [0, 0.05) is 23.3 Å². The zero-order valence-corrected chi connectivity index (χ0v) is 21.3. The summed E-state index contributed by atoms with van der Waals surface area (Å²) in [6.07, 6.45) is 1.27. The number of rotatable bonds is 8. The third-order valence-corrected chi connectivity index (χ3v) is 8.90. The van der Waals surface area contributed by atoms with E-state index in [1.165, 1.54) is 11.8 Å². The fourth-order valence-corrected chi connectivity index (χ4v) is 6.80. The average molecular weight is 499 g/mol. The van der Waals surface area contributed by atoms with Crippen molar-refractivity contribution in [2.75, 3.05) is 17.3 Å². The molecule has 4 rings (SSSR count). The fourth-order valence-electron chi connectivity index (χ4n) is 4.27. The molecule has 9 heteroatoms. The molecule has 34 heavy (non-hydrogen) atoms. The van der Waals surface area contributed by atoms with Gasteiger partial charge in [-0.2, -0.15) is 0 Å². The smallest absolute Gasteiger partial charge is 0.233 e. The van der Waals surface area contributed by atoms with E-state index in [9.17, 15) is 13.2 Å². The summed E-state index contributed by atoms with van der Waals surface area (Å²) in [6.45, 7) is 6.03. The molecule has 1 aliphatic rings. The van der Waals surface area contributed by atoms with Crippen LogP contribution in [0, 0.1) is 6.92 Å². The molecule has 1 saturated heterocycles. The number of carbonyl (C=O) groups excluding carboxylic acids is 1. The Morgan fingerprint density at radius 3 is 2.47 bits per heavy atom. The number of benzene rings is 2. The molecular weight excluding hydrogens is 468 g/mol. The minimum Gasteiger partial charge on any atom is -0.335 e. The molecule has 7 nitrogen and oxygen atoms in total. The molecule has 1 fully saturated rings. The van der Waals surface area contributed by atoms with Crippen LogP contribution in [0.5, 0.6) is 0 Å². The van der Waals surface area contributed by atoms with Crippen molar-refractivity contribution >= 4 is 27.5 Å². The van der Waals surface area contributed by atoms with Gasteiger partial charge in [0.1, 0.15) is 0 Å². The summed E-state index contributed by atoms with van der Waals surface area (Å²) in [5.41, 5.74) is 3.01. The Kier molecular flexibility index (Phi) is 7.42. The monoisotopic (exact) mass is 498 g/mol. The molecular formula is C25H30N4O3S2. The normalized spacial score (nSPS) is 18.0. The van der Waals surface area contributed by atoms with Crippen molar-refractivity contribution in [3.05, 3.63) is 60.2 Å². The first-order valence-electron chi connectivity index (χ1n) is 11.5. The molecule has 3 aromatic rings. The number of thioether (sulfide) groups is 1. The molecule has 0 unspecified atom stereocenters. The van der Waals surface area contributed by atoms with Gasteiger partial charge in [0.2, 0.25) is 5.91 Å². The summed E-state index contributed by atoms with van der Waals surface area (Å²) in [5, 5.41) is 9.49. The molecule has 0 N–H and O–H groups in total. The molecule has 2 atom stereocenters. The number of nitrogens with zero attached hydrogens (tertiary/aromatic N) is 4. The first-order valence-corrected chi connectivity index (χ1v) is 14.3. The summed E-state index contributed by atoms with van der Waals surface area (Å²) in [6, 6.07) is 17.7. The summed E-state index contributed by atoms with van der Waals surface area (Å²) in [5.74, 6) is 0.999. The van der Waals surface area contributed by atoms with Crippen LogP contribution >= 0.6 is 11.8 Å². The SMILES string of the molecule is CC[C@H](C)N(C(=O)CSc1nnc(-c2ccccc2)n1-c1ccc(C)cc1)[C@H]1CCS(=O)(=O)C1. The highest BCUT2D eigenvalue weighted by atomic mass is 32.2. The molecule has 180 valence electrons. The lowest BCUT2D eigenvalue weighted by atomic mass is 10.1. The van der Waals surface area contributed by atoms with Crippen LogP contribution in [0.1, 0.15) is 32.3 Å². The van der Waals surface area contributed by atoms with Crippen LogP contribution < -0.4 is 0 Å². The molecule has 0 aliphatic carbocycles. The van der Waals surface area contributed by atoms with E-state index >= 15 is 0 Å². The third-order valence-electron chi connectivity index (χ3n) is 6.24. The maximum atomic E-state index is 13.3. The Morgan fingerprint density at radius 2 is 1.85 bits per heavy atom. The summed E-state index contributed by atoms with van der Waals surface area (Å²) in [4.78, 5) is 15.1. The number of amides is 1. The Bertz CT molecular complexity index is 1240. The quantitative estimate of drug-likeness (QED) is 0.434. The Morgan fingerprint density at radius 1 is 1.15 bits per heavy atom. The second kappa shape index (κ2) is 10.3. The minimum absolute atomic E-state index is 0.0266. The minimum atomic E-state index is -3.08. The summed E-state index contributed by atoms with van der Waals surface area (Å²) in [7, 11) is -3.08. The lowest BCUT2D eigenvalue weighted by Crippen LogP contribution is -2.47. The zero-order valence-electron chi connectivity index (χ0n) is 19.7. The Labute approximate surface area is 205 Å². The van der Waals surface area contributed by atoms with E-state index in [-0.39, 0.29) is 35.2 Å². The second-order valence-electron chi connectivity index (χ2n) is 8.75. The van der Waals surface area contributed by atoms with Gasteiger partial charge in [0.05, 0.1) is 17.3 Å². The zero-order chi connectivity index (χ0) is 24.3. The molecule has 1 aromatic heterocycles. The van der Waals surface area contributed by atoms with E-state index in [1.54, 1.807) is 4.90 Å². The standard InChI is InChI=1S/C25H30N4O3S2/c1-4-19(3)28(22-14-15-34(31,32)17-22)23(30)16-33-25-27-26-24(20-8-6-5-7-9-20)29(25)21-12-10-18(2)11-13-21/h5-13,19,22H,4,14-17H2,1-3H3/t19-,22-/m0/s1. The lowest BCUT2D eigenvalue weighted by Gasteiger charge is -2.33.